The van der Waals surface area contributed by atoms with Crippen LogP contribution in [0.2, 0.25) is 5.02 Å². The fourth-order valence-corrected chi connectivity index (χ4v) is 6.08. The molecule has 0 saturated carbocycles. The van der Waals surface area contributed by atoms with Crippen molar-refractivity contribution in [2.24, 2.45) is 0 Å². The maximum Gasteiger partial charge on any atom is 0.258 e. The number of phenols is 1. The number of carbonyl (C=O) groups is 2. The van der Waals surface area contributed by atoms with Crippen LogP contribution in [-0.2, 0) is 11.2 Å². The summed E-state index contributed by atoms with van der Waals surface area (Å²) in [6, 6.07) is 9.56. The summed E-state index contributed by atoms with van der Waals surface area (Å²) in [5.41, 5.74) is 1.19. The van der Waals surface area contributed by atoms with Crippen molar-refractivity contribution in [3.63, 3.8) is 0 Å². The number of ether oxygens (including phenoxy) is 2. The van der Waals surface area contributed by atoms with E-state index in [-0.39, 0.29) is 41.1 Å². The van der Waals surface area contributed by atoms with E-state index in [9.17, 15) is 19.8 Å². The molecule has 2 amide bonds. The Kier molecular flexibility index (Phi) is 7.94. The van der Waals surface area contributed by atoms with E-state index in [0.29, 0.717) is 24.5 Å². The second kappa shape index (κ2) is 11.2. The summed E-state index contributed by atoms with van der Waals surface area (Å²) >= 11 is 6.15. The number of aromatic hydroxyl groups is 1. The monoisotopic (exact) mass is 557 g/mol. The van der Waals surface area contributed by atoms with E-state index in [0.717, 1.165) is 50.1 Å². The van der Waals surface area contributed by atoms with Gasteiger partial charge in [0.15, 0.2) is 0 Å². The fraction of sp³-hybridized carbons (Fsp3) is 0.517. The van der Waals surface area contributed by atoms with E-state index in [1.54, 1.807) is 19.0 Å². The number of benzene rings is 2. The van der Waals surface area contributed by atoms with Crippen molar-refractivity contribution in [2.45, 2.75) is 49.9 Å². The van der Waals surface area contributed by atoms with Crippen LogP contribution in [0.4, 0.5) is 0 Å². The van der Waals surface area contributed by atoms with E-state index < -0.39 is 12.1 Å². The number of β-amino-alcohol motifs (C(OH)–C–C–N with tert-alkyl or cyclic N) is 1. The number of likely N-dealkylation sites (tertiary alicyclic amines) is 2. The molecule has 0 radical (unpaired) electrons. The Morgan fingerprint density at radius 3 is 2.69 bits per heavy atom. The molecule has 10 heteroatoms. The van der Waals surface area contributed by atoms with Gasteiger partial charge in [-0.25, -0.2) is 0 Å². The molecule has 39 heavy (non-hydrogen) atoms. The largest absolute Gasteiger partial charge is 0.508 e. The molecular weight excluding hydrogens is 522 g/mol. The zero-order chi connectivity index (χ0) is 27.7. The lowest BCUT2D eigenvalue weighted by Crippen LogP contribution is -2.49. The molecule has 2 aromatic rings. The van der Waals surface area contributed by atoms with Crippen LogP contribution in [0.3, 0.4) is 0 Å². The van der Waals surface area contributed by atoms with E-state index in [2.05, 4.69) is 4.90 Å². The first-order valence-electron chi connectivity index (χ1n) is 13.5. The van der Waals surface area contributed by atoms with Gasteiger partial charge in [-0.05, 0) is 48.7 Å². The zero-order valence-electron chi connectivity index (χ0n) is 22.4. The van der Waals surface area contributed by atoms with Gasteiger partial charge >= 0.3 is 0 Å². The van der Waals surface area contributed by atoms with Crippen molar-refractivity contribution >= 4 is 23.4 Å². The Hall–Kier alpha value is -3.01. The van der Waals surface area contributed by atoms with Crippen LogP contribution in [0.5, 0.6) is 17.2 Å². The summed E-state index contributed by atoms with van der Waals surface area (Å²) in [5.74, 6) is 0.617. The van der Waals surface area contributed by atoms with Gasteiger partial charge in [0.1, 0.15) is 41.6 Å². The molecule has 210 valence electrons. The van der Waals surface area contributed by atoms with Crippen molar-refractivity contribution in [2.75, 3.05) is 46.9 Å². The predicted molar refractivity (Wildman–Crippen MR) is 147 cm³/mol. The molecule has 2 fully saturated rings. The van der Waals surface area contributed by atoms with Crippen LogP contribution >= 0.6 is 11.6 Å². The van der Waals surface area contributed by atoms with Crippen molar-refractivity contribution < 1.29 is 29.3 Å². The topological polar surface area (TPSA) is 103 Å². The third kappa shape index (κ3) is 5.95. The second-order valence-corrected chi connectivity index (χ2v) is 11.5. The molecule has 0 aromatic heterocycles. The quantitative estimate of drug-likeness (QED) is 0.539. The average Bonchev–Trinajstić information content (AvgIpc) is 3.53. The molecule has 3 aliphatic rings. The van der Waals surface area contributed by atoms with Crippen LogP contribution in [0.1, 0.15) is 41.6 Å². The van der Waals surface area contributed by atoms with Crippen LogP contribution in [-0.4, -0.2) is 101 Å². The second-order valence-electron chi connectivity index (χ2n) is 11.0. The van der Waals surface area contributed by atoms with Crippen molar-refractivity contribution in [3.8, 4) is 17.2 Å². The number of aliphatic hydroxyl groups is 1. The third-order valence-electron chi connectivity index (χ3n) is 7.96. The lowest BCUT2D eigenvalue weighted by Gasteiger charge is -2.39. The van der Waals surface area contributed by atoms with Gasteiger partial charge in [0.25, 0.3) is 5.91 Å². The molecule has 1 spiro atoms. The summed E-state index contributed by atoms with van der Waals surface area (Å²) in [6.07, 6.45) is 3.10. The molecule has 0 bridgehead atoms. The van der Waals surface area contributed by atoms with Crippen molar-refractivity contribution in [3.05, 3.63) is 52.5 Å². The summed E-state index contributed by atoms with van der Waals surface area (Å²) in [5, 5.41) is 21.5. The fourth-order valence-electron chi connectivity index (χ4n) is 5.89. The first kappa shape index (κ1) is 27.6. The normalized spacial score (nSPS) is 20.9. The minimum Gasteiger partial charge on any atom is -0.508 e. The van der Waals surface area contributed by atoms with Crippen molar-refractivity contribution in [1.82, 2.24) is 14.7 Å². The number of likely N-dealkylation sites (N-methyl/N-ethyl adjacent to an activating group) is 1. The minimum atomic E-state index is -0.792. The van der Waals surface area contributed by atoms with Crippen LogP contribution in [0, 0.1) is 0 Å². The van der Waals surface area contributed by atoms with Crippen LogP contribution in [0.25, 0.3) is 0 Å². The van der Waals surface area contributed by atoms with E-state index in [1.807, 2.05) is 18.2 Å². The van der Waals surface area contributed by atoms with Gasteiger partial charge in [0.2, 0.25) is 5.91 Å². The number of rotatable bonds is 7. The molecule has 2 aromatic carbocycles. The Balaban J connectivity index is 1.16. The summed E-state index contributed by atoms with van der Waals surface area (Å²) in [4.78, 5) is 31.3. The van der Waals surface area contributed by atoms with Crippen molar-refractivity contribution in [1.29, 1.82) is 0 Å². The Morgan fingerprint density at radius 1 is 1.18 bits per heavy atom. The number of halogens is 1. The number of fused-ring (bicyclic) bond motifs is 1. The Labute approximate surface area is 233 Å². The summed E-state index contributed by atoms with van der Waals surface area (Å²) in [6.45, 7) is 2.43. The minimum absolute atomic E-state index is 0.0358. The van der Waals surface area contributed by atoms with Gasteiger partial charge < -0.3 is 34.4 Å². The number of hydrogen-bond donors (Lipinski definition) is 2. The number of carbonyl (C=O) groups excluding carboxylic acids is 2. The summed E-state index contributed by atoms with van der Waals surface area (Å²) < 4.78 is 12.2. The smallest absolute Gasteiger partial charge is 0.258 e. The van der Waals surface area contributed by atoms with Gasteiger partial charge in [-0.3, -0.25) is 9.59 Å². The van der Waals surface area contributed by atoms with E-state index in [1.165, 1.54) is 23.1 Å². The predicted octanol–water partition coefficient (Wildman–Crippen LogP) is 2.95. The molecule has 2 saturated heterocycles. The molecule has 2 atom stereocenters. The molecule has 0 unspecified atom stereocenters. The molecular formula is C29H36ClN3O6. The number of amides is 2. The van der Waals surface area contributed by atoms with Gasteiger partial charge in [-0.1, -0.05) is 11.6 Å². The number of piperidine rings is 1. The molecule has 2 N–H and O–H groups in total. The van der Waals surface area contributed by atoms with Crippen LogP contribution < -0.4 is 9.47 Å². The molecule has 5 rings (SSSR count). The molecule has 3 heterocycles. The van der Waals surface area contributed by atoms with E-state index >= 15 is 0 Å². The lowest BCUT2D eigenvalue weighted by molar-refractivity contribution is -0.132. The third-order valence-corrected chi connectivity index (χ3v) is 8.20. The van der Waals surface area contributed by atoms with Gasteiger partial charge in [-0.2, -0.15) is 0 Å². The average molecular weight is 558 g/mol. The first-order valence-corrected chi connectivity index (χ1v) is 13.9. The lowest BCUT2D eigenvalue weighted by atomic mass is 9.87. The highest BCUT2D eigenvalue weighted by molar-refractivity contribution is 6.30. The highest BCUT2D eigenvalue weighted by Gasteiger charge is 2.42. The SMILES string of the molecule is CN(C)C(=O)[C@@H]1CCCN1C(=O)c1ccc(O)cc1OC[C@H](O)CN1CCC2(CC1)Cc1cc(Cl)ccc1O2. The molecule has 0 aliphatic carbocycles. The number of phenolic OH excluding ortho intramolecular Hbond substituents is 1. The molecule has 9 nitrogen and oxygen atoms in total. The van der Waals surface area contributed by atoms with Crippen LogP contribution in [0.15, 0.2) is 36.4 Å². The number of hydrogen-bond acceptors (Lipinski definition) is 7. The Bertz CT molecular complexity index is 1230. The molecule has 3 aliphatic heterocycles. The van der Waals surface area contributed by atoms with Gasteiger partial charge in [0.05, 0.1) is 5.56 Å². The van der Waals surface area contributed by atoms with E-state index in [4.69, 9.17) is 21.1 Å². The number of aliphatic hydroxyl groups excluding tert-OH is 1. The zero-order valence-corrected chi connectivity index (χ0v) is 23.2. The maximum atomic E-state index is 13.4. The highest BCUT2D eigenvalue weighted by atomic mass is 35.5. The number of nitrogens with zero attached hydrogens (tertiary/aromatic N) is 3. The highest BCUT2D eigenvalue weighted by Crippen LogP contribution is 2.42. The van der Waals surface area contributed by atoms with Gasteiger partial charge in [-0.15, -0.1) is 0 Å². The standard InChI is InChI=1S/C29H36ClN3O6/c1-31(2)28(37)24-4-3-11-33(24)27(36)23-7-6-21(34)15-26(23)38-18-22(35)17-32-12-9-29(10-13-32)16-19-14-20(30)5-8-25(19)39-29/h5-8,14-15,22,24,34-35H,3-4,9-13,16-18H2,1-2H3/t22-,24+/m1/s1. The summed E-state index contributed by atoms with van der Waals surface area (Å²) in [7, 11) is 3.36. The first-order chi connectivity index (χ1) is 18.6. The van der Waals surface area contributed by atoms with Gasteiger partial charge in [0, 0.05) is 70.6 Å². The Morgan fingerprint density at radius 2 is 1.95 bits per heavy atom. The maximum absolute atomic E-state index is 13.4.